The maximum atomic E-state index is 5.08. The minimum Gasteiger partial charge on any atom is -0.491 e. The molecule has 0 fully saturated rings. The number of hydrogen-bond acceptors (Lipinski definition) is 2. The smallest absolute Gasteiger partial charge is 0.130 e. The van der Waals surface area contributed by atoms with Gasteiger partial charge in [0.2, 0.25) is 0 Å². The Labute approximate surface area is 48.9 Å². The quantitative estimate of drug-likeness (QED) is 0.462. The van der Waals surface area contributed by atoms with E-state index >= 15 is 0 Å². The van der Waals surface area contributed by atoms with Gasteiger partial charge in [-0.2, -0.15) is 0 Å². The van der Waals surface area contributed by atoms with Gasteiger partial charge in [-0.1, -0.05) is 0 Å². The van der Waals surface area contributed by atoms with Crippen LogP contribution in [-0.2, 0) is 4.74 Å². The molecule has 1 heterocycles. The van der Waals surface area contributed by atoms with Crippen LogP contribution in [0, 0.1) is 0 Å². The number of rotatable bonds is 0. The molecule has 0 bridgehead atoms. The van der Waals surface area contributed by atoms with Crippen molar-refractivity contribution in [3.63, 3.8) is 0 Å². The van der Waals surface area contributed by atoms with Gasteiger partial charge >= 0.3 is 0 Å². The van der Waals surface area contributed by atoms with E-state index in [0.717, 1.165) is 5.70 Å². The summed E-state index contributed by atoms with van der Waals surface area (Å²) in [7, 11) is 0. The van der Waals surface area contributed by atoms with Gasteiger partial charge in [0.1, 0.15) is 12.4 Å². The first-order valence-electron chi connectivity index (χ1n) is 2.65. The third kappa shape index (κ3) is 1.09. The molecule has 1 unspecified atom stereocenters. The van der Waals surface area contributed by atoms with Crippen molar-refractivity contribution in [1.82, 2.24) is 0 Å². The topological polar surface area (TPSA) is 21.6 Å². The lowest BCUT2D eigenvalue weighted by Crippen LogP contribution is -2.08. The van der Waals surface area contributed by atoms with Crippen molar-refractivity contribution in [2.75, 3.05) is 0 Å². The second-order valence-corrected chi connectivity index (χ2v) is 1.88. The monoisotopic (exact) mass is 111 g/mol. The first-order chi connectivity index (χ1) is 3.79. The molecule has 1 aliphatic rings. The van der Waals surface area contributed by atoms with Gasteiger partial charge in [0.15, 0.2) is 0 Å². The Bertz CT molecular complexity index is 137. The van der Waals surface area contributed by atoms with E-state index in [2.05, 4.69) is 4.99 Å². The Kier molecular flexibility index (Phi) is 1.33. The Morgan fingerprint density at radius 3 is 2.88 bits per heavy atom. The average molecular weight is 111 g/mol. The molecule has 0 saturated heterocycles. The van der Waals surface area contributed by atoms with E-state index in [9.17, 15) is 0 Å². The van der Waals surface area contributed by atoms with E-state index in [1.165, 1.54) is 0 Å². The van der Waals surface area contributed by atoms with Crippen molar-refractivity contribution < 1.29 is 4.74 Å². The lowest BCUT2D eigenvalue weighted by atomic mass is 10.4. The molecular weight excluding hydrogens is 102 g/mol. The molecule has 0 spiro atoms. The first kappa shape index (κ1) is 5.35. The highest BCUT2D eigenvalue weighted by Crippen LogP contribution is 2.02. The summed E-state index contributed by atoms with van der Waals surface area (Å²) in [6, 6.07) is 0. The van der Waals surface area contributed by atoms with Gasteiger partial charge in [0.25, 0.3) is 0 Å². The second-order valence-electron chi connectivity index (χ2n) is 1.88. The molecule has 0 saturated carbocycles. The number of aliphatic imine (C=N–C) groups is 1. The van der Waals surface area contributed by atoms with Gasteiger partial charge in [-0.15, -0.1) is 0 Å². The number of ether oxygens (including phenoxy) is 1. The molecule has 1 rings (SSSR count). The predicted octanol–water partition coefficient (Wildman–Crippen LogP) is 1.34. The van der Waals surface area contributed by atoms with E-state index in [1.54, 1.807) is 12.5 Å². The molecule has 44 valence electrons. The summed E-state index contributed by atoms with van der Waals surface area (Å²) in [5, 5.41) is 0. The zero-order chi connectivity index (χ0) is 5.98. The van der Waals surface area contributed by atoms with Crippen molar-refractivity contribution >= 4 is 6.21 Å². The number of allylic oxidation sites excluding steroid dienone is 1. The summed E-state index contributed by atoms with van der Waals surface area (Å²) in [5.41, 5.74) is 0.933. The Morgan fingerprint density at radius 2 is 2.50 bits per heavy atom. The molecule has 0 radical (unpaired) electrons. The fraction of sp³-hybridized carbons (Fsp3) is 0.500. The molecule has 0 aromatic carbocycles. The summed E-state index contributed by atoms with van der Waals surface area (Å²) in [4.78, 5) is 4.02. The fourth-order valence-electron chi connectivity index (χ4n) is 0.494. The maximum absolute atomic E-state index is 5.08. The van der Waals surface area contributed by atoms with Crippen LogP contribution < -0.4 is 0 Å². The molecule has 1 atom stereocenters. The van der Waals surface area contributed by atoms with E-state index in [1.807, 2.05) is 13.8 Å². The van der Waals surface area contributed by atoms with Crippen molar-refractivity contribution in [2.45, 2.75) is 20.0 Å². The van der Waals surface area contributed by atoms with Gasteiger partial charge in [0, 0.05) is 6.21 Å². The SMILES string of the molecule is CC1=COC(C)C=N1. The summed E-state index contributed by atoms with van der Waals surface area (Å²) >= 11 is 0. The zero-order valence-electron chi connectivity index (χ0n) is 5.09. The molecule has 0 aromatic rings. The van der Waals surface area contributed by atoms with Crippen LogP contribution in [0.2, 0.25) is 0 Å². The minimum atomic E-state index is 0.152. The molecule has 8 heavy (non-hydrogen) atoms. The first-order valence-corrected chi connectivity index (χ1v) is 2.65. The average Bonchev–Trinajstić information content (AvgIpc) is 1.77. The Morgan fingerprint density at radius 1 is 1.75 bits per heavy atom. The highest BCUT2D eigenvalue weighted by Gasteiger charge is 1.99. The Balaban J connectivity index is 2.58. The summed E-state index contributed by atoms with van der Waals surface area (Å²) in [6.07, 6.45) is 3.61. The van der Waals surface area contributed by atoms with Crippen LogP contribution in [0.15, 0.2) is 17.0 Å². The largest absolute Gasteiger partial charge is 0.491 e. The minimum absolute atomic E-state index is 0.152. The normalized spacial score (nSPS) is 26.8. The molecule has 0 aliphatic carbocycles. The number of hydrogen-bond donors (Lipinski definition) is 0. The zero-order valence-corrected chi connectivity index (χ0v) is 5.09. The third-order valence-corrected chi connectivity index (χ3v) is 0.941. The Hall–Kier alpha value is -0.790. The van der Waals surface area contributed by atoms with Crippen molar-refractivity contribution in [1.29, 1.82) is 0 Å². The van der Waals surface area contributed by atoms with Gasteiger partial charge < -0.3 is 4.74 Å². The van der Waals surface area contributed by atoms with Crippen molar-refractivity contribution in [3.8, 4) is 0 Å². The van der Waals surface area contributed by atoms with E-state index < -0.39 is 0 Å². The summed E-state index contributed by atoms with van der Waals surface area (Å²) in [5.74, 6) is 0. The van der Waals surface area contributed by atoms with Crippen LogP contribution in [-0.4, -0.2) is 12.3 Å². The maximum Gasteiger partial charge on any atom is 0.130 e. The standard InChI is InChI=1S/C6H9NO/c1-5-4-8-6(2)3-7-5/h3-4,6H,1-2H3. The van der Waals surface area contributed by atoms with Crippen LogP contribution in [0.5, 0.6) is 0 Å². The van der Waals surface area contributed by atoms with Crippen molar-refractivity contribution in [2.24, 2.45) is 4.99 Å². The van der Waals surface area contributed by atoms with Gasteiger partial charge in [-0.05, 0) is 13.8 Å². The molecule has 0 amide bonds. The van der Waals surface area contributed by atoms with E-state index in [0.29, 0.717) is 0 Å². The third-order valence-electron chi connectivity index (χ3n) is 0.941. The second kappa shape index (κ2) is 1.99. The predicted molar refractivity (Wildman–Crippen MR) is 32.8 cm³/mol. The summed E-state index contributed by atoms with van der Waals surface area (Å²) < 4.78 is 5.08. The lowest BCUT2D eigenvalue weighted by molar-refractivity contribution is 0.216. The number of nitrogens with zero attached hydrogens (tertiary/aromatic N) is 1. The van der Waals surface area contributed by atoms with Crippen LogP contribution in [0.4, 0.5) is 0 Å². The van der Waals surface area contributed by atoms with E-state index in [-0.39, 0.29) is 6.10 Å². The molecule has 1 aliphatic heterocycles. The van der Waals surface area contributed by atoms with Gasteiger partial charge in [-0.25, -0.2) is 0 Å². The highest BCUT2D eigenvalue weighted by atomic mass is 16.5. The molecule has 0 aromatic heterocycles. The molecule has 2 heteroatoms. The molecular formula is C6H9NO. The summed E-state index contributed by atoms with van der Waals surface area (Å²) in [6.45, 7) is 3.86. The van der Waals surface area contributed by atoms with Crippen LogP contribution in [0.25, 0.3) is 0 Å². The lowest BCUT2D eigenvalue weighted by Gasteiger charge is -2.09. The molecule has 0 N–H and O–H groups in total. The van der Waals surface area contributed by atoms with Crippen molar-refractivity contribution in [3.05, 3.63) is 12.0 Å². The molecule has 2 nitrogen and oxygen atoms in total. The fourth-order valence-corrected chi connectivity index (χ4v) is 0.494. The van der Waals surface area contributed by atoms with Crippen LogP contribution in [0.1, 0.15) is 13.8 Å². The van der Waals surface area contributed by atoms with Gasteiger partial charge in [0.05, 0.1) is 5.70 Å². The van der Waals surface area contributed by atoms with Gasteiger partial charge in [-0.3, -0.25) is 4.99 Å². The van der Waals surface area contributed by atoms with Crippen LogP contribution in [0.3, 0.4) is 0 Å². The highest BCUT2D eigenvalue weighted by molar-refractivity contribution is 5.64. The van der Waals surface area contributed by atoms with Crippen LogP contribution >= 0.6 is 0 Å². The van der Waals surface area contributed by atoms with E-state index in [4.69, 9.17) is 4.74 Å².